The fourth-order valence-electron chi connectivity index (χ4n) is 1.80. The average molecular weight is 304 g/mol. The third-order valence-corrected chi connectivity index (χ3v) is 2.88. The molecular weight excluding hydrogens is 280 g/mol. The van der Waals surface area contributed by atoms with E-state index in [1.807, 2.05) is 33.8 Å². The highest BCUT2D eigenvalue weighted by atomic mass is 16.6. The van der Waals surface area contributed by atoms with Crippen molar-refractivity contribution in [1.82, 2.24) is 0 Å². The molecule has 0 bridgehead atoms. The lowest BCUT2D eigenvalue weighted by Gasteiger charge is -2.19. The van der Waals surface area contributed by atoms with Crippen LogP contribution in [0.25, 0.3) is 6.08 Å². The van der Waals surface area contributed by atoms with Gasteiger partial charge in [0.05, 0.1) is 12.2 Å². The minimum Gasteiger partial charge on any atom is -0.463 e. The molecule has 1 rings (SSSR count). The van der Waals surface area contributed by atoms with E-state index in [0.29, 0.717) is 17.7 Å². The molecule has 0 heterocycles. The number of benzene rings is 1. The predicted octanol–water partition coefficient (Wildman–Crippen LogP) is 3.92. The van der Waals surface area contributed by atoms with Crippen LogP contribution in [0.2, 0.25) is 0 Å². The molecule has 1 aromatic rings. The maximum absolute atomic E-state index is 12.1. The Balaban J connectivity index is 3.07. The van der Waals surface area contributed by atoms with E-state index in [9.17, 15) is 9.59 Å². The van der Waals surface area contributed by atoms with Gasteiger partial charge in [-0.25, -0.2) is 9.59 Å². The van der Waals surface area contributed by atoms with Gasteiger partial charge in [-0.3, -0.25) is 0 Å². The van der Waals surface area contributed by atoms with E-state index in [-0.39, 0.29) is 11.9 Å². The van der Waals surface area contributed by atoms with Crippen molar-refractivity contribution in [2.75, 3.05) is 6.61 Å². The summed E-state index contributed by atoms with van der Waals surface area (Å²) >= 11 is 0. The molecule has 0 spiro atoms. The molecule has 0 amide bonds. The fourth-order valence-corrected chi connectivity index (χ4v) is 1.80. The quantitative estimate of drug-likeness (QED) is 0.625. The van der Waals surface area contributed by atoms with Crippen LogP contribution in [0.3, 0.4) is 0 Å². The van der Waals surface area contributed by atoms with Crippen LogP contribution in [0.15, 0.2) is 23.8 Å². The van der Waals surface area contributed by atoms with Crippen LogP contribution in [0.1, 0.15) is 56.1 Å². The predicted molar refractivity (Wildman–Crippen MR) is 86.6 cm³/mol. The maximum Gasteiger partial charge on any atom is 0.338 e. The first kappa shape index (κ1) is 18.0. The van der Waals surface area contributed by atoms with Gasteiger partial charge in [0.25, 0.3) is 0 Å². The van der Waals surface area contributed by atoms with E-state index in [1.54, 1.807) is 32.1 Å². The number of aryl methyl sites for hydroxylation is 1. The SMILES string of the molecule is CCOC(=O)/C(C)=C/c1cc(C(=O)OC(C)(C)C)ccc1C. The first-order valence-corrected chi connectivity index (χ1v) is 7.33. The number of hydrogen-bond donors (Lipinski definition) is 0. The van der Waals surface area contributed by atoms with Crippen molar-refractivity contribution in [3.05, 3.63) is 40.5 Å². The Morgan fingerprint density at radius 2 is 1.86 bits per heavy atom. The third kappa shape index (κ3) is 5.35. The standard InChI is InChI=1S/C18H24O4/c1-7-21-16(19)13(3)10-15-11-14(9-8-12(15)2)17(20)22-18(4,5)6/h8-11H,7H2,1-6H3/b13-10+. The van der Waals surface area contributed by atoms with Crippen molar-refractivity contribution in [2.45, 2.75) is 47.1 Å². The highest BCUT2D eigenvalue weighted by molar-refractivity contribution is 5.94. The summed E-state index contributed by atoms with van der Waals surface area (Å²) in [5.41, 5.74) is 2.18. The Hall–Kier alpha value is -2.10. The molecule has 0 saturated carbocycles. The Morgan fingerprint density at radius 3 is 2.41 bits per heavy atom. The van der Waals surface area contributed by atoms with E-state index >= 15 is 0 Å². The van der Waals surface area contributed by atoms with Gasteiger partial charge in [-0.05, 0) is 70.9 Å². The van der Waals surface area contributed by atoms with Crippen molar-refractivity contribution in [3.63, 3.8) is 0 Å². The second-order valence-corrected chi connectivity index (χ2v) is 6.12. The summed E-state index contributed by atoms with van der Waals surface area (Å²) in [6, 6.07) is 5.29. The molecule has 0 aliphatic rings. The lowest BCUT2D eigenvalue weighted by Crippen LogP contribution is -2.23. The number of ether oxygens (including phenoxy) is 2. The minimum absolute atomic E-state index is 0.334. The van der Waals surface area contributed by atoms with Crippen LogP contribution < -0.4 is 0 Å². The Morgan fingerprint density at radius 1 is 1.23 bits per heavy atom. The zero-order valence-corrected chi connectivity index (χ0v) is 14.1. The number of carbonyl (C=O) groups is 2. The smallest absolute Gasteiger partial charge is 0.338 e. The molecule has 0 unspecified atom stereocenters. The molecule has 4 nitrogen and oxygen atoms in total. The monoisotopic (exact) mass is 304 g/mol. The van der Waals surface area contributed by atoms with Crippen molar-refractivity contribution in [3.8, 4) is 0 Å². The molecule has 22 heavy (non-hydrogen) atoms. The van der Waals surface area contributed by atoms with Gasteiger partial charge in [-0.1, -0.05) is 6.07 Å². The zero-order chi connectivity index (χ0) is 16.9. The van der Waals surface area contributed by atoms with Gasteiger partial charge in [0.1, 0.15) is 5.60 Å². The van der Waals surface area contributed by atoms with Gasteiger partial charge in [-0.15, -0.1) is 0 Å². The van der Waals surface area contributed by atoms with E-state index in [1.165, 1.54) is 0 Å². The molecule has 0 fully saturated rings. The summed E-state index contributed by atoms with van der Waals surface area (Å²) in [5.74, 6) is -0.736. The number of hydrogen-bond acceptors (Lipinski definition) is 4. The van der Waals surface area contributed by atoms with Crippen molar-refractivity contribution in [2.24, 2.45) is 0 Å². The Labute approximate surface area is 132 Å². The average Bonchev–Trinajstić information content (AvgIpc) is 2.39. The van der Waals surface area contributed by atoms with Gasteiger partial charge in [0.15, 0.2) is 0 Å². The van der Waals surface area contributed by atoms with Crippen LogP contribution in [0, 0.1) is 6.92 Å². The summed E-state index contributed by atoms with van der Waals surface area (Å²) in [4.78, 5) is 23.8. The van der Waals surface area contributed by atoms with E-state index in [2.05, 4.69) is 0 Å². The first-order chi connectivity index (χ1) is 10.1. The lowest BCUT2D eigenvalue weighted by molar-refractivity contribution is -0.138. The molecular formula is C18H24O4. The second-order valence-electron chi connectivity index (χ2n) is 6.12. The summed E-state index contributed by atoms with van der Waals surface area (Å²) in [6.45, 7) is 11.2. The highest BCUT2D eigenvalue weighted by Gasteiger charge is 2.18. The van der Waals surface area contributed by atoms with E-state index in [0.717, 1.165) is 11.1 Å². The van der Waals surface area contributed by atoms with Gasteiger partial charge >= 0.3 is 11.9 Å². The molecule has 0 atom stereocenters. The van der Waals surface area contributed by atoms with Gasteiger partial charge < -0.3 is 9.47 Å². The normalized spacial score (nSPS) is 12.0. The molecule has 4 heteroatoms. The van der Waals surface area contributed by atoms with Crippen molar-refractivity contribution in [1.29, 1.82) is 0 Å². The molecule has 0 aromatic heterocycles. The van der Waals surface area contributed by atoms with Crippen LogP contribution in [-0.2, 0) is 14.3 Å². The molecule has 0 saturated heterocycles. The van der Waals surface area contributed by atoms with Crippen LogP contribution in [-0.4, -0.2) is 24.1 Å². The third-order valence-electron chi connectivity index (χ3n) is 2.88. The van der Waals surface area contributed by atoms with Crippen LogP contribution >= 0.6 is 0 Å². The molecule has 1 aromatic carbocycles. The largest absolute Gasteiger partial charge is 0.463 e. The summed E-state index contributed by atoms with van der Waals surface area (Å²) < 4.78 is 10.3. The van der Waals surface area contributed by atoms with Crippen LogP contribution in [0.5, 0.6) is 0 Å². The second kappa shape index (κ2) is 7.25. The van der Waals surface area contributed by atoms with Gasteiger partial charge in [0, 0.05) is 5.57 Å². The molecule has 120 valence electrons. The highest BCUT2D eigenvalue weighted by Crippen LogP contribution is 2.18. The topological polar surface area (TPSA) is 52.6 Å². The van der Waals surface area contributed by atoms with E-state index < -0.39 is 5.60 Å². The number of carbonyl (C=O) groups excluding carboxylic acids is 2. The summed E-state index contributed by atoms with van der Waals surface area (Å²) in [7, 11) is 0. The molecule has 0 N–H and O–H groups in total. The minimum atomic E-state index is -0.543. The van der Waals surface area contributed by atoms with Gasteiger partial charge in [0.2, 0.25) is 0 Å². The van der Waals surface area contributed by atoms with Crippen LogP contribution in [0.4, 0.5) is 0 Å². The summed E-state index contributed by atoms with van der Waals surface area (Å²) in [6.07, 6.45) is 1.72. The Kier molecular flexibility index (Phi) is 5.92. The fraction of sp³-hybridized carbons (Fsp3) is 0.444. The first-order valence-electron chi connectivity index (χ1n) is 7.33. The van der Waals surface area contributed by atoms with Gasteiger partial charge in [-0.2, -0.15) is 0 Å². The summed E-state index contributed by atoms with van der Waals surface area (Å²) in [5, 5.41) is 0. The van der Waals surface area contributed by atoms with E-state index in [4.69, 9.17) is 9.47 Å². The number of rotatable bonds is 4. The number of esters is 2. The van der Waals surface area contributed by atoms with Crippen molar-refractivity contribution >= 4 is 18.0 Å². The molecule has 0 aliphatic heterocycles. The lowest BCUT2D eigenvalue weighted by atomic mass is 10.0. The maximum atomic E-state index is 12.1. The molecule has 0 radical (unpaired) electrons. The van der Waals surface area contributed by atoms with Crippen molar-refractivity contribution < 1.29 is 19.1 Å². The zero-order valence-electron chi connectivity index (χ0n) is 14.1. The Bertz CT molecular complexity index is 592. The molecule has 0 aliphatic carbocycles.